The number of carbonyl (C=O) groups is 1. The van der Waals surface area contributed by atoms with Gasteiger partial charge in [0.2, 0.25) is 6.41 Å². The first-order valence-corrected chi connectivity index (χ1v) is 2.53. The summed E-state index contributed by atoms with van der Waals surface area (Å²) >= 11 is 0. The molecule has 0 aromatic heterocycles. The van der Waals surface area contributed by atoms with Gasteiger partial charge in [-0.25, -0.2) is 0 Å². The predicted molar refractivity (Wildman–Crippen MR) is 33.2 cm³/mol. The Hall–Kier alpha value is -0.920. The summed E-state index contributed by atoms with van der Waals surface area (Å²) < 4.78 is 0. The van der Waals surface area contributed by atoms with Crippen LogP contribution in [0.25, 0.3) is 0 Å². The summed E-state index contributed by atoms with van der Waals surface area (Å²) in [5.74, 6) is 0. The molecule has 2 heteroatoms. The van der Waals surface area contributed by atoms with Gasteiger partial charge in [0.15, 0.2) is 0 Å². The van der Waals surface area contributed by atoms with Crippen LogP contribution in [-0.4, -0.2) is 13.0 Å². The molecule has 0 saturated heterocycles. The van der Waals surface area contributed by atoms with Crippen molar-refractivity contribution in [1.29, 1.82) is 0 Å². The minimum absolute atomic E-state index is 0.610. The van der Waals surface area contributed by atoms with Gasteiger partial charge >= 0.3 is 0 Å². The fraction of sp³-hybridized carbons (Fsp3) is 0.333. The largest absolute Gasteiger partial charge is 0.355 e. The van der Waals surface area contributed by atoms with Crippen LogP contribution in [0.15, 0.2) is 12.2 Å². The predicted octanol–water partition coefficient (Wildman–Crippen LogP) is 0.513. The first kappa shape index (κ1) is 7.08. The molecular formula is C6H10NO+. The van der Waals surface area contributed by atoms with Gasteiger partial charge in [0, 0.05) is 6.54 Å². The number of rotatable bonds is 4. The lowest BCUT2D eigenvalue weighted by atomic mass is 10.4. The van der Waals surface area contributed by atoms with Crippen LogP contribution in [0.4, 0.5) is 0 Å². The summed E-state index contributed by atoms with van der Waals surface area (Å²) in [5, 5.41) is 2.49. The number of hydrogen-bond donors (Lipinski definition) is 1. The van der Waals surface area contributed by atoms with E-state index in [4.69, 9.17) is 0 Å². The van der Waals surface area contributed by atoms with Gasteiger partial charge in [-0.1, -0.05) is 6.08 Å². The van der Waals surface area contributed by atoms with Crippen molar-refractivity contribution in [3.8, 4) is 0 Å². The van der Waals surface area contributed by atoms with Crippen molar-refractivity contribution < 1.29 is 4.79 Å². The van der Waals surface area contributed by atoms with Crippen LogP contribution < -0.4 is 5.32 Å². The molecule has 0 aromatic carbocycles. The minimum Gasteiger partial charge on any atom is -0.355 e. The lowest BCUT2D eigenvalue weighted by Gasteiger charge is -1.84. The third-order valence-electron chi connectivity index (χ3n) is 0.652. The van der Waals surface area contributed by atoms with E-state index in [2.05, 4.69) is 12.2 Å². The molecule has 44 valence electrons. The molecule has 2 nitrogen and oxygen atoms in total. The van der Waals surface area contributed by atoms with Crippen LogP contribution in [0, 0.1) is 6.92 Å². The number of allylic oxidation sites excluding steroid dienone is 1. The molecule has 8 heavy (non-hydrogen) atoms. The first-order chi connectivity index (χ1) is 3.91. The highest BCUT2D eigenvalue weighted by atomic mass is 16.1. The van der Waals surface area contributed by atoms with E-state index in [-0.39, 0.29) is 0 Å². The monoisotopic (exact) mass is 112 g/mol. The quantitative estimate of drug-likeness (QED) is 0.244. The topological polar surface area (TPSA) is 29.1 Å². The van der Waals surface area contributed by atoms with Crippen molar-refractivity contribution in [2.24, 2.45) is 0 Å². The molecule has 0 atom stereocenters. The molecule has 0 aliphatic rings. The maximum Gasteiger partial charge on any atom is 0.207 e. The lowest BCUT2D eigenvalue weighted by molar-refractivity contribution is -0.109. The van der Waals surface area contributed by atoms with Crippen molar-refractivity contribution in [3.05, 3.63) is 19.1 Å². The van der Waals surface area contributed by atoms with Crippen LogP contribution in [0.2, 0.25) is 0 Å². The van der Waals surface area contributed by atoms with E-state index in [0.29, 0.717) is 13.0 Å². The van der Waals surface area contributed by atoms with E-state index in [9.17, 15) is 4.79 Å². The smallest absolute Gasteiger partial charge is 0.207 e. The van der Waals surface area contributed by atoms with Gasteiger partial charge in [-0.3, -0.25) is 4.79 Å². The molecule has 0 heterocycles. The first-order valence-electron chi connectivity index (χ1n) is 2.53. The van der Waals surface area contributed by atoms with E-state index in [0.717, 1.165) is 6.42 Å². The van der Waals surface area contributed by atoms with E-state index in [1.54, 1.807) is 0 Å². The molecular weight excluding hydrogens is 102 g/mol. The fourth-order valence-electron chi connectivity index (χ4n) is 0.317. The summed E-state index contributed by atoms with van der Waals surface area (Å²) in [4.78, 5) is 9.61. The van der Waals surface area contributed by atoms with Crippen molar-refractivity contribution in [2.75, 3.05) is 6.54 Å². The Morgan fingerprint density at radius 2 is 2.25 bits per heavy atom. The summed E-state index contributed by atoms with van der Waals surface area (Å²) in [5.41, 5.74) is 0. The zero-order valence-corrected chi connectivity index (χ0v) is 4.76. The van der Waals surface area contributed by atoms with Crippen LogP contribution in [0.3, 0.4) is 0 Å². The molecule has 1 amide bonds. The third kappa shape index (κ3) is 5.08. The molecule has 0 spiro atoms. The Kier molecular flexibility index (Phi) is 5.38. The maximum atomic E-state index is 9.61. The van der Waals surface area contributed by atoms with Gasteiger partial charge in [-0.15, -0.1) is 0 Å². The molecule has 0 radical (unpaired) electrons. The standard InChI is InChI=1S/C6H9NO/c1-2-3-4-5-7-6-8/h3-4,6H,1-2,5H2/p+1/b4-3-. The van der Waals surface area contributed by atoms with E-state index in [1.807, 2.05) is 12.2 Å². The average Bonchev–Trinajstić information content (AvgIpc) is 1.81. The average molecular weight is 112 g/mol. The molecule has 0 saturated carbocycles. The van der Waals surface area contributed by atoms with Crippen molar-refractivity contribution in [1.82, 2.24) is 5.32 Å². The highest BCUT2D eigenvalue weighted by Crippen LogP contribution is 1.74. The Morgan fingerprint density at radius 3 is 2.75 bits per heavy atom. The minimum atomic E-state index is 0.610. The van der Waals surface area contributed by atoms with Gasteiger partial charge in [0.25, 0.3) is 0 Å². The summed E-state index contributed by atoms with van der Waals surface area (Å²) in [6, 6.07) is 0. The van der Waals surface area contributed by atoms with Gasteiger partial charge in [0.1, 0.15) is 6.42 Å². The van der Waals surface area contributed by atoms with Crippen LogP contribution in [0.5, 0.6) is 0 Å². The van der Waals surface area contributed by atoms with Crippen molar-refractivity contribution >= 4 is 6.41 Å². The summed E-state index contributed by atoms with van der Waals surface area (Å²) in [6.07, 6.45) is 5.21. The van der Waals surface area contributed by atoms with Crippen LogP contribution >= 0.6 is 0 Å². The molecule has 0 unspecified atom stereocenters. The number of carbonyl (C=O) groups excluding carboxylic acids is 1. The highest BCUT2D eigenvalue weighted by molar-refractivity contribution is 5.46. The molecule has 0 aromatic rings. The zero-order valence-electron chi connectivity index (χ0n) is 4.76. The van der Waals surface area contributed by atoms with E-state index in [1.165, 1.54) is 0 Å². The van der Waals surface area contributed by atoms with Gasteiger partial charge < -0.3 is 5.32 Å². The molecule has 0 aliphatic carbocycles. The van der Waals surface area contributed by atoms with Crippen LogP contribution in [-0.2, 0) is 4.79 Å². The fourth-order valence-corrected chi connectivity index (χ4v) is 0.317. The number of hydrogen-bond acceptors (Lipinski definition) is 1. The Balaban J connectivity index is 2.90. The van der Waals surface area contributed by atoms with Gasteiger partial charge in [0.05, 0.1) is 6.92 Å². The van der Waals surface area contributed by atoms with E-state index >= 15 is 0 Å². The SMILES string of the molecule is [CH2+]C/C=C\CNC=O. The van der Waals surface area contributed by atoms with Gasteiger partial charge in [-0.2, -0.15) is 0 Å². The highest BCUT2D eigenvalue weighted by Gasteiger charge is 1.72. The van der Waals surface area contributed by atoms with Crippen molar-refractivity contribution in [3.63, 3.8) is 0 Å². The Morgan fingerprint density at radius 1 is 1.50 bits per heavy atom. The summed E-state index contributed by atoms with van der Waals surface area (Å²) in [6.45, 7) is 4.19. The Bertz CT molecular complexity index is 78.6. The van der Waals surface area contributed by atoms with Gasteiger partial charge in [-0.05, 0) is 6.08 Å². The lowest BCUT2D eigenvalue weighted by Crippen LogP contribution is -2.09. The normalized spacial score (nSPS) is 9.50. The molecule has 0 bridgehead atoms. The molecule has 0 rings (SSSR count). The number of nitrogens with one attached hydrogen (secondary N) is 1. The number of amides is 1. The second-order valence-corrected chi connectivity index (χ2v) is 1.29. The summed E-state index contributed by atoms with van der Waals surface area (Å²) in [7, 11) is 0. The second kappa shape index (κ2) is 6.08. The van der Waals surface area contributed by atoms with Crippen molar-refractivity contribution in [2.45, 2.75) is 6.42 Å². The molecule has 0 fully saturated rings. The molecule has 1 N–H and O–H groups in total. The molecule has 0 aliphatic heterocycles. The van der Waals surface area contributed by atoms with Crippen LogP contribution in [0.1, 0.15) is 6.42 Å². The third-order valence-corrected chi connectivity index (χ3v) is 0.652. The maximum absolute atomic E-state index is 9.61. The zero-order chi connectivity index (χ0) is 6.24. The van der Waals surface area contributed by atoms with E-state index < -0.39 is 0 Å². The Labute approximate surface area is 49.6 Å². The second-order valence-electron chi connectivity index (χ2n) is 1.29.